The maximum absolute atomic E-state index is 13.5. The topological polar surface area (TPSA) is 57.9 Å². The second kappa shape index (κ2) is 7.93. The van der Waals surface area contributed by atoms with E-state index in [2.05, 4.69) is 0 Å². The van der Waals surface area contributed by atoms with Crippen molar-refractivity contribution in [2.45, 2.75) is 0 Å². The highest BCUT2D eigenvalue weighted by Gasteiger charge is 2.42. The molecule has 1 heterocycles. The Kier molecular flexibility index (Phi) is 5.44. The predicted molar refractivity (Wildman–Crippen MR) is 96.9 cm³/mol. The van der Waals surface area contributed by atoms with Crippen LogP contribution in [0.3, 0.4) is 0 Å². The van der Waals surface area contributed by atoms with Gasteiger partial charge in [0.1, 0.15) is 23.0 Å². The van der Waals surface area contributed by atoms with Crippen LogP contribution >= 0.6 is 7.75 Å². The van der Waals surface area contributed by atoms with Crippen molar-refractivity contribution in [2.24, 2.45) is 0 Å². The average Bonchev–Trinajstić information content (AvgIpc) is 2.70. The predicted octanol–water partition coefficient (Wildman–Crippen LogP) is 4.11. The molecule has 0 aliphatic carbocycles. The van der Waals surface area contributed by atoms with E-state index in [0.717, 1.165) is 0 Å². The third-order valence-electron chi connectivity index (χ3n) is 3.54. The molecule has 26 heavy (non-hydrogen) atoms. The number of aromatic nitrogens is 1. The van der Waals surface area contributed by atoms with Crippen LogP contribution in [0, 0.1) is 0 Å². The van der Waals surface area contributed by atoms with Crippen LogP contribution in [0.5, 0.6) is 23.0 Å². The summed E-state index contributed by atoms with van der Waals surface area (Å²) in [4.78, 5) is 0. The molecule has 0 saturated carbocycles. The third-order valence-corrected chi connectivity index (χ3v) is 5.26. The van der Waals surface area contributed by atoms with E-state index in [1.807, 2.05) is 6.07 Å². The molecule has 6 nitrogen and oxygen atoms in total. The van der Waals surface area contributed by atoms with Crippen LogP contribution < -0.4 is 22.9 Å². The van der Waals surface area contributed by atoms with Crippen molar-refractivity contribution < 1.29 is 27.4 Å². The van der Waals surface area contributed by atoms with Gasteiger partial charge in [0.15, 0.2) is 12.4 Å². The number of hydrogen-bond acceptors (Lipinski definition) is 5. The fourth-order valence-corrected chi connectivity index (χ4v) is 3.69. The standard InChI is InChI=1S/C19H19NO5P/c1-22-16-6-10-18(11-7-16)24-26(21,20-14-4-3-5-15-20)25-19-12-8-17(23-2)9-13-19/h3-15H,1-2H3/q+1. The summed E-state index contributed by atoms with van der Waals surface area (Å²) in [7, 11) is -0.574. The van der Waals surface area contributed by atoms with Gasteiger partial charge in [0, 0.05) is 12.1 Å². The third kappa shape index (κ3) is 4.16. The van der Waals surface area contributed by atoms with E-state index in [9.17, 15) is 4.57 Å². The quantitative estimate of drug-likeness (QED) is 0.585. The van der Waals surface area contributed by atoms with Crippen LogP contribution in [0.25, 0.3) is 0 Å². The molecule has 0 aliphatic rings. The largest absolute Gasteiger partial charge is 0.728 e. The smallest absolute Gasteiger partial charge is 0.497 e. The summed E-state index contributed by atoms with van der Waals surface area (Å²) in [6, 6.07) is 18.9. The van der Waals surface area contributed by atoms with Crippen LogP contribution in [0.1, 0.15) is 0 Å². The second-order valence-corrected chi connectivity index (χ2v) is 7.02. The first-order chi connectivity index (χ1) is 12.6. The molecule has 0 saturated heterocycles. The zero-order valence-corrected chi connectivity index (χ0v) is 15.3. The summed E-state index contributed by atoms with van der Waals surface area (Å²) in [6.07, 6.45) is 3.27. The SMILES string of the molecule is COc1ccc(OP(=O)(Oc2ccc(OC)cc2)[n+]2ccccc2)cc1. The van der Waals surface area contributed by atoms with Crippen molar-refractivity contribution in [1.82, 2.24) is 0 Å². The van der Waals surface area contributed by atoms with Crippen molar-refractivity contribution in [1.29, 1.82) is 0 Å². The maximum atomic E-state index is 13.5. The molecule has 2 aromatic carbocycles. The van der Waals surface area contributed by atoms with E-state index in [1.54, 1.807) is 87.3 Å². The van der Waals surface area contributed by atoms with Gasteiger partial charge < -0.3 is 18.5 Å². The van der Waals surface area contributed by atoms with Gasteiger partial charge in [0.2, 0.25) is 0 Å². The highest BCUT2D eigenvalue weighted by atomic mass is 31.2. The van der Waals surface area contributed by atoms with Gasteiger partial charge in [-0.15, -0.1) is 0 Å². The lowest BCUT2D eigenvalue weighted by Gasteiger charge is -2.14. The molecule has 0 aliphatic heterocycles. The molecule has 0 bridgehead atoms. The lowest BCUT2D eigenvalue weighted by atomic mass is 10.3. The Morgan fingerprint density at radius 2 is 1.04 bits per heavy atom. The van der Waals surface area contributed by atoms with Crippen LogP contribution in [0.15, 0.2) is 79.1 Å². The number of nitrogens with zero attached hydrogens (tertiary/aromatic N) is 1. The normalized spacial score (nSPS) is 10.8. The minimum atomic E-state index is -3.73. The number of hydrogen-bond donors (Lipinski definition) is 0. The highest BCUT2D eigenvalue weighted by molar-refractivity contribution is 7.47. The fourth-order valence-electron chi connectivity index (χ4n) is 2.21. The lowest BCUT2D eigenvalue weighted by molar-refractivity contribution is -0.536. The molecule has 0 spiro atoms. The molecular formula is C19H19NO5P+. The minimum Gasteiger partial charge on any atom is -0.497 e. The molecule has 0 unspecified atom stereocenters. The van der Waals surface area contributed by atoms with Crippen molar-refractivity contribution >= 4 is 7.75 Å². The van der Waals surface area contributed by atoms with Crippen molar-refractivity contribution in [2.75, 3.05) is 14.2 Å². The van der Waals surface area contributed by atoms with Crippen molar-refractivity contribution in [3.63, 3.8) is 0 Å². The van der Waals surface area contributed by atoms with E-state index in [-0.39, 0.29) is 0 Å². The first-order valence-corrected chi connectivity index (χ1v) is 9.37. The van der Waals surface area contributed by atoms with Crippen molar-refractivity contribution in [3.05, 3.63) is 79.1 Å². The minimum absolute atomic E-state index is 0.402. The fraction of sp³-hybridized carbons (Fsp3) is 0.105. The Labute approximate surface area is 152 Å². The lowest BCUT2D eigenvalue weighted by Crippen LogP contribution is -2.34. The summed E-state index contributed by atoms with van der Waals surface area (Å²) < 4.78 is 36.7. The molecule has 3 rings (SSSR count). The Hall–Kier alpha value is -2.98. The summed E-state index contributed by atoms with van der Waals surface area (Å²) in [5, 5.41) is 0. The van der Waals surface area contributed by atoms with Gasteiger partial charge in [0.05, 0.1) is 14.2 Å². The molecule has 0 atom stereocenters. The molecule has 0 radical (unpaired) electrons. The van der Waals surface area contributed by atoms with Crippen LogP contribution in [0.2, 0.25) is 0 Å². The van der Waals surface area contributed by atoms with Crippen LogP contribution in [-0.2, 0) is 4.57 Å². The number of ether oxygens (including phenoxy) is 2. The van der Waals surface area contributed by atoms with E-state index in [0.29, 0.717) is 23.0 Å². The van der Waals surface area contributed by atoms with E-state index < -0.39 is 7.75 Å². The van der Waals surface area contributed by atoms with Gasteiger partial charge >= 0.3 is 7.75 Å². The first kappa shape index (κ1) is 17.8. The molecule has 3 aromatic rings. The van der Waals surface area contributed by atoms with Gasteiger partial charge in [-0.05, 0) is 48.5 Å². The Bertz CT molecular complexity index is 829. The Morgan fingerprint density at radius 3 is 1.42 bits per heavy atom. The highest BCUT2D eigenvalue weighted by Crippen LogP contribution is 2.44. The van der Waals surface area contributed by atoms with Crippen LogP contribution in [0.4, 0.5) is 0 Å². The van der Waals surface area contributed by atoms with Crippen molar-refractivity contribution in [3.8, 4) is 23.0 Å². The van der Waals surface area contributed by atoms with E-state index in [1.165, 1.54) is 4.34 Å². The molecule has 1 aromatic heterocycles. The van der Waals surface area contributed by atoms with E-state index in [4.69, 9.17) is 18.5 Å². The van der Waals surface area contributed by atoms with E-state index >= 15 is 0 Å². The first-order valence-electron chi connectivity index (χ1n) is 7.87. The molecule has 7 heteroatoms. The zero-order valence-electron chi connectivity index (χ0n) is 14.4. The second-order valence-electron chi connectivity index (χ2n) is 5.26. The molecule has 134 valence electrons. The van der Waals surface area contributed by atoms with Gasteiger partial charge in [-0.2, -0.15) is 4.57 Å². The van der Waals surface area contributed by atoms with Gasteiger partial charge in [-0.3, -0.25) is 0 Å². The summed E-state index contributed by atoms with van der Waals surface area (Å²) in [5.74, 6) is 2.16. The number of methoxy groups -OCH3 is 2. The molecule has 0 amide bonds. The number of rotatable bonds is 7. The number of benzene rings is 2. The zero-order chi connectivity index (χ0) is 18.4. The van der Waals surface area contributed by atoms with Crippen LogP contribution in [-0.4, -0.2) is 14.2 Å². The molecule has 0 N–H and O–H groups in total. The monoisotopic (exact) mass is 372 g/mol. The van der Waals surface area contributed by atoms with Gasteiger partial charge in [0.25, 0.3) is 0 Å². The van der Waals surface area contributed by atoms with Gasteiger partial charge in [-0.25, -0.2) is 0 Å². The Morgan fingerprint density at radius 1 is 0.654 bits per heavy atom. The molecule has 0 fully saturated rings. The Balaban J connectivity index is 1.91. The summed E-state index contributed by atoms with van der Waals surface area (Å²) in [5.41, 5.74) is 0. The molecular weight excluding hydrogens is 353 g/mol. The summed E-state index contributed by atoms with van der Waals surface area (Å²) >= 11 is 0. The maximum Gasteiger partial charge on any atom is 0.728 e. The average molecular weight is 372 g/mol. The summed E-state index contributed by atoms with van der Waals surface area (Å²) in [6.45, 7) is 0. The number of pyridine rings is 1. The van der Waals surface area contributed by atoms with Gasteiger partial charge in [-0.1, -0.05) is 10.4 Å².